The van der Waals surface area contributed by atoms with Crippen LogP contribution in [-0.2, 0) is 9.53 Å². The molecule has 0 aromatic rings. The molecule has 0 heterocycles. The number of rotatable bonds is 2. The minimum Gasteiger partial charge on any atom is -0.457 e. The molecule has 0 amide bonds. The molecule has 0 N–H and O–H groups in total. The van der Waals surface area contributed by atoms with E-state index in [0.717, 1.165) is 0 Å². The summed E-state index contributed by atoms with van der Waals surface area (Å²) < 4.78 is 5.17. The Hall–Kier alpha value is -0.790. The molecule has 0 unspecified atom stereocenters. The molecule has 1 aliphatic rings. The minimum absolute atomic E-state index is 0.218. The fourth-order valence-corrected chi connectivity index (χ4v) is 1.70. The average molecular weight is 196 g/mol. The topological polar surface area (TPSA) is 26.3 Å². The highest BCUT2D eigenvalue weighted by atomic mass is 16.6. The summed E-state index contributed by atoms with van der Waals surface area (Å²) in [5.74, 6) is 0.381. The number of allylic oxidation sites excluding steroid dienone is 1. The largest absolute Gasteiger partial charge is 0.457 e. The number of hydrogen-bond acceptors (Lipinski definition) is 2. The third kappa shape index (κ3) is 4.45. The van der Waals surface area contributed by atoms with Crippen molar-refractivity contribution in [2.75, 3.05) is 0 Å². The maximum atomic E-state index is 11.3. The second kappa shape index (κ2) is 4.63. The lowest BCUT2D eigenvalue weighted by Crippen LogP contribution is -2.22. The van der Waals surface area contributed by atoms with E-state index >= 15 is 0 Å². The van der Waals surface area contributed by atoms with E-state index in [2.05, 4.69) is 0 Å². The van der Waals surface area contributed by atoms with Crippen LogP contribution in [0.4, 0.5) is 0 Å². The highest BCUT2D eigenvalue weighted by molar-refractivity contribution is 5.82. The van der Waals surface area contributed by atoms with Gasteiger partial charge in [-0.05, 0) is 39.5 Å². The Morgan fingerprint density at radius 1 is 1.29 bits per heavy atom. The zero-order valence-corrected chi connectivity index (χ0v) is 9.38. The fraction of sp³-hybridized carbons (Fsp3) is 0.750. The molecule has 0 bridgehead atoms. The van der Waals surface area contributed by atoms with E-state index in [4.69, 9.17) is 4.74 Å². The van der Waals surface area contributed by atoms with Crippen molar-refractivity contribution in [2.45, 2.75) is 52.1 Å². The molecule has 2 heteroatoms. The van der Waals surface area contributed by atoms with Crippen molar-refractivity contribution in [2.24, 2.45) is 5.92 Å². The van der Waals surface area contributed by atoms with E-state index in [1.165, 1.54) is 25.7 Å². The van der Waals surface area contributed by atoms with Gasteiger partial charge in [0.2, 0.25) is 0 Å². The van der Waals surface area contributed by atoms with Gasteiger partial charge in [0.15, 0.2) is 0 Å². The van der Waals surface area contributed by atoms with Crippen LogP contribution in [0.5, 0.6) is 0 Å². The molecule has 1 aliphatic carbocycles. The van der Waals surface area contributed by atoms with Crippen molar-refractivity contribution < 1.29 is 9.53 Å². The SMILES string of the molecule is CC(C)(C)OC(=O)C=CC1CCCC1. The van der Waals surface area contributed by atoms with Gasteiger partial charge in [-0.15, -0.1) is 0 Å². The third-order valence-corrected chi connectivity index (χ3v) is 2.31. The molecule has 1 fully saturated rings. The molecule has 0 aromatic heterocycles. The second-order valence-corrected chi connectivity index (χ2v) is 4.94. The Bertz CT molecular complexity index is 217. The van der Waals surface area contributed by atoms with Gasteiger partial charge in [-0.3, -0.25) is 0 Å². The van der Waals surface area contributed by atoms with Crippen molar-refractivity contribution in [3.63, 3.8) is 0 Å². The summed E-state index contributed by atoms with van der Waals surface area (Å²) in [6.07, 6.45) is 8.62. The summed E-state index contributed by atoms with van der Waals surface area (Å²) in [4.78, 5) is 11.3. The number of esters is 1. The summed E-state index contributed by atoms with van der Waals surface area (Å²) in [6.45, 7) is 5.65. The zero-order chi connectivity index (χ0) is 10.6. The average Bonchev–Trinajstić information content (AvgIpc) is 2.49. The van der Waals surface area contributed by atoms with Crippen molar-refractivity contribution >= 4 is 5.97 Å². The van der Waals surface area contributed by atoms with Crippen molar-refractivity contribution in [1.82, 2.24) is 0 Å². The lowest BCUT2D eigenvalue weighted by Gasteiger charge is -2.18. The third-order valence-electron chi connectivity index (χ3n) is 2.31. The van der Waals surface area contributed by atoms with E-state index in [1.807, 2.05) is 26.8 Å². The molecule has 0 radical (unpaired) electrons. The van der Waals surface area contributed by atoms with Crippen LogP contribution in [0.25, 0.3) is 0 Å². The predicted octanol–water partition coefficient (Wildman–Crippen LogP) is 3.07. The molecule has 1 rings (SSSR count). The molecular weight excluding hydrogens is 176 g/mol. The quantitative estimate of drug-likeness (QED) is 0.501. The summed E-state index contributed by atoms with van der Waals surface area (Å²) in [5, 5.41) is 0. The Morgan fingerprint density at radius 3 is 2.36 bits per heavy atom. The van der Waals surface area contributed by atoms with E-state index in [9.17, 15) is 4.79 Å². The van der Waals surface area contributed by atoms with Gasteiger partial charge >= 0.3 is 5.97 Å². The standard InChI is InChI=1S/C12H20O2/c1-12(2,3)14-11(13)9-8-10-6-4-5-7-10/h8-10H,4-7H2,1-3H3. The predicted molar refractivity (Wildman–Crippen MR) is 56.9 cm³/mol. The van der Waals surface area contributed by atoms with Crippen molar-refractivity contribution in [3.05, 3.63) is 12.2 Å². The Balaban J connectivity index is 2.32. The molecule has 0 aliphatic heterocycles. The zero-order valence-electron chi connectivity index (χ0n) is 9.38. The van der Waals surface area contributed by atoms with Gasteiger partial charge in [-0.2, -0.15) is 0 Å². The summed E-state index contributed by atoms with van der Waals surface area (Å²) in [5.41, 5.74) is -0.378. The van der Waals surface area contributed by atoms with Gasteiger partial charge in [0.1, 0.15) is 5.60 Å². The van der Waals surface area contributed by atoms with Crippen LogP contribution in [-0.4, -0.2) is 11.6 Å². The Kier molecular flexibility index (Phi) is 3.73. The van der Waals surface area contributed by atoms with Gasteiger partial charge in [0.05, 0.1) is 0 Å². The van der Waals surface area contributed by atoms with Gasteiger partial charge < -0.3 is 4.74 Å². The molecule has 0 spiro atoms. The monoisotopic (exact) mass is 196 g/mol. The summed E-state index contributed by atoms with van der Waals surface area (Å²) in [6, 6.07) is 0. The van der Waals surface area contributed by atoms with E-state index in [0.29, 0.717) is 5.92 Å². The maximum absolute atomic E-state index is 11.3. The van der Waals surface area contributed by atoms with E-state index < -0.39 is 0 Å². The maximum Gasteiger partial charge on any atom is 0.330 e. The normalized spacial score (nSPS) is 19.1. The molecule has 14 heavy (non-hydrogen) atoms. The number of carbonyl (C=O) groups excluding carboxylic acids is 1. The molecule has 2 nitrogen and oxygen atoms in total. The van der Waals surface area contributed by atoms with Gasteiger partial charge in [-0.1, -0.05) is 18.9 Å². The molecule has 80 valence electrons. The van der Waals surface area contributed by atoms with Crippen LogP contribution in [0, 0.1) is 5.92 Å². The van der Waals surface area contributed by atoms with Gasteiger partial charge in [0.25, 0.3) is 0 Å². The lowest BCUT2D eigenvalue weighted by atomic mass is 10.1. The van der Waals surface area contributed by atoms with Gasteiger partial charge in [-0.25, -0.2) is 4.79 Å². The highest BCUT2D eigenvalue weighted by Gasteiger charge is 2.15. The minimum atomic E-state index is -0.378. The smallest absolute Gasteiger partial charge is 0.330 e. The second-order valence-electron chi connectivity index (χ2n) is 4.94. The van der Waals surface area contributed by atoms with E-state index in [-0.39, 0.29) is 11.6 Å². The van der Waals surface area contributed by atoms with Crippen LogP contribution < -0.4 is 0 Å². The Morgan fingerprint density at radius 2 is 1.86 bits per heavy atom. The lowest BCUT2D eigenvalue weighted by molar-refractivity contribution is -0.148. The summed E-state index contributed by atoms with van der Waals surface area (Å²) in [7, 11) is 0. The number of ether oxygens (including phenoxy) is 1. The van der Waals surface area contributed by atoms with Crippen LogP contribution in [0.15, 0.2) is 12.2 Å². The van der Waals surface area contributed by atoms with Crippen LogP contribution in [0.2, 0.25) is 0 Å². The van der Waals surface area contributed by atoms with Gasteiger partial charge in [0, 0.05) is 6.08 Å². The number of hydrogen-bond donors (Lipinski definition) is 0. The fourth-order valence-electron chi connectivity index (χ4n) is 1.70. The first kappa shape index (κ1) is 11.3. The van der Waals surface area contributed by atoms with Crippen LogP contribution >= 0.6 is 0 Å². The highest BCUT2D eigenvalue weighted by Crippen LogP contribution is 2.25. The Labute approximate surface area is 86.3 Å². The summed E-state index contributed by atoms with van der Waals surface area (Å²) >= 11 is 0. The van der Waals surface area contributed by atoms with Crippen molar-refractivity contribution in [3.8, 4) is 0 Å². The molecule has 0 aromatic carbocycles. The first-order chi connectivity index (χ1) is 6.47. The first-order valence-corrected chi connectivity index (χ1v) is 5.38. The molecule has 1 saturated carbocycles. The molecule has 0 saturated heterocycles. The van der Waals surface area contributed by atoms with E-state index in [1.54, 1.807) is 6.08 Å². The van der Waals surface area contributed by atoms with Crippen LogP contribution in [0.3, 0.4) is 0 Å². The first-order valence-electron chi connectivity index (χ1n) is 5.38. The van der Waals surface area contributed by atoms with Crippen molar-refractivity contribution in [1.29, 1.82) is 0 Å². The molecular formula is C12H20O2. The van der Waals surface area contributed by atoms with Crippen LogP contribution in [0.1, 0.15) is 46.5 Å². The molecule has 0 atom stereocenters. The number of carbonyl (C=O) groups is 1.